The highest BCUT2D eigenvalue weighted by atomic mass is 19.3. The van der Waals surface area contributed by atoms with Gasteiger partial charge in [-0.1, -0.05) is 72.8 Å². The van der Waals surface area contributed by atoms with E-state index in [1.807, 2.05) is 0 Å². The topological polar surface area (TPSA) is 114 Å². The molecule has 0 aliphatic carbocycles. The number of benzene rings is 4. The molecule has 4 aromatic rings. The van der Waals surface area contributed by atoms with E-state index in [4.69, 9.17) is 23.7 Å². The number of ether oxygens (including phenoxy) is 5. The van der Waals surface area contributed by atoms with Crippen molar-refractivity contribution in [2.24, 2.45) is 0 Å². The Hall–Kier alpha value is -5.42. The summed E-state index contributed by atoms with van der Waals surface area (Å²) in [4.78, 5) is 52.3. The second-order valence-electron chi connectivity index (χ2n) is 9.88. The van der Waals surface area contributed by atoms with Crippen LogP contribution in [-0.4, -0.2) is 61.0 Å². The molecule has 0 bridgehead atoms. The Morgan fingerprint density at radius 2 is 0.956 bits per heavy atom. The molecule has 0 radical (unpaired) electrons. The smallest absolute Gasteiger partial charge is 0.340 e. The molecule has 4 atom stereocenters. The summed E-state index contributed by atoms with van der Waals surface area (Å²) in [5.74, 6) is -4.05. The molecule has 0 spiro atoms. The monoisotopic (exact) mass is 616 g/mol. The molecule has 1 aliphatic rings. The maximum atomic E-state index is 15.2. The quantitative estimate of drug-likeness (QED) is 0.168. The standard InChI is InChI=1S/C34H26F2O9/c35-33(36)34(21-41-28(37)22-13-5-1-6-14-22)27(43-30(39)24-17-9-3-10-18-24)26(42-29(38)23-15-7-2-8-16-23)32(45-34)44-31(40)25-19-11-4-12-20-25/h1-20,26-27,32-33H,21H2/t26?,27-,32?,34+/m0/s1. The Balaban J connectivity index is 1.54. The average molecular weight is 617 g/mol. The predicted octanol–water partition coefficient (Wildman–Crippen LogP) is 5.51. The van der Waals surface area contributed by atoms with Crippen LogP contribution in [0, 0.1) is 0 Å². The molecule has 2 unspecified atom stereocenters. The molecule has 1 heterocycles. The summed E-state index contributed by atoms with van der Waals surface area (Å²) in [5, 5.41) is 0. The van der Waals surface area contributed by atoms with Gasteiger partial charge in [-0.3, -0.25) is 0 Å². The Kier molecular flexibility index (Phi) is 9.59. The van der Waals surface area contributed by atoms with E-state index in [9.17, 15) is 19.2 Å². The van der Waals surface area contributed by atoms with Crippen LogP contribution in [0.1, 0.15) is 41.4 Å². The van der Waals surface area contributed by atoms with Crippen LogP contribution >= 0.6 is 0 Å². The lowest BCUT2D eigenvalue weighted by atomic mass is 9.95. The van der Waals surface area contributed by atoms with Gasteiger partial charge < -0.3 is 23.7 Å². The van der Waals surface area contributed by atoms with Gasteiger partial charge in [-0.2, -0.15) is 0 Å². The lowest BCUT2D eigenvalue weighted by molar-refractivity contribution is -0.220. The molecule has 5 rings (SSSR count). The van der Waals surface area contributed by atoms with Crippen LogP contribution in [-0.2, 0) is 23.7 Å². The van der Waals surface area contributed by atoms with Gasteiger partial charge in [0.25, 0.3) is 6.43 Å². The summed E-state index contributed by atoms with van der Waals surface area (Å²) in [5.41, 5.74) is -2.82. The van der Waals surface area contributed by atoms with Gasteiger partial charge >= 0.3 is 23.9 Å². The summed E-state index contributed by atoms with van der Waals surface area (Å²) in [6.45, 7) is -1.16. The first-order valence-electron chi connectivity index (χ1n) is 13.7. The highest BCUT2D eigenvalue weighted by molar-refractivity contribution is 5.91. The van der Waals surface area contributed by atoms with Crippen molar-refractivity contribution in [3.8, 4) is 0 Å². The fraction of sp³-hybridized carbons (Fsp3) is 0.176. The number of alkyl halides is 2. The molecule has 0 aromatic heterocycles. The van der Waals surface area contributed by atoms with Crippen LogP contribution in [0.25, 0.3) is 0 Å². The molecule has 45 heavy (non-hydrogen) atoms. The molecule has 0 amide bonds. The van der Waals surface area contributed by atoms with Crippen molar-refractivity contribution in [2.45, 2.75) is 30.5 Å². The first kappa shape index (κ1) is 31.0. The van der Waals surface area contributed by atoms with Gasteiger partial charge in [0.2, 0.25) is 18.0 Å². The molecule has 230 valence electrons. The molecule has 11 heteroatoms. The molecule has 1 aliphatic heterocycles. The second kappa shape index (κ2) is 13.9. The minimum absolute atomic E-state index is 0.0141. The molecule has 1 saturated heterocycles. The third-order valence-electron chi connectivity index (χ3n) is 6.92. The van der Waals surface area contributed by atoms with Crippen molar-refractivity contribution in [1.82, 2.24) is 0 Å². The summed E-state index contributed by atoms with van der Waals surface area (Å²) >= 11 is 0. The van der Waals surface area contributed by atoms with Crippen LogP contribution in [0.2, 0.25) is 0 Å². The first-order chi connectivity index (χ1) is 21.8. The van der Waals surface area contributed by atoms with Crippen LogP contribution in [0.5, 0.6) is 0 Å². The van der Waals surface area contributed by atoms with E-state index < -0.39 is 61.0 Å². The second-order valence-corrected chi connectivity index (χ2v) is 9.88. The number of rotatable bonds is 10. The predicted molar refractivity (Wildman–Crippen MR) is 153 cm³/mol. The number of hydrogen-bond donors (Lipinski definition) is 0. The van der Waals surface area contributed by atoms with E-state index in [0.29, 0.717) is 0 Å². The van der Waals surface area contributed by atoms with Gasteiger partial charge in [-0.05, 0) is 48.5 Å². The Morgan fingerprint density at radius 1 is 0.578 bits per heavy atom. The van der Waals surface area contributed by atoms with E-state index in [1.54, 1.807) is 60.7 Å². The van der Waals surface area contributed by atoms with Crippen LogP contribution in [0.3, 0.4) is 0 Å². The summed E-state index contributed by atoms with van der Waals surface area (Å²) in [7, 11) is 0. The van der Waals surface area contributed by atoms with Gasteiger partial charge in [-0.25, -0.2) is 28.0 Å². The fourth-order valence-corrected chi connectivity index (χ4v) is 4.61. The largest absolute Gasteiger partial charge is 0.459 e. The van der Waals surface area contributed by atoms with E-state index in [2.05, 4.69) is 0 Å². The number of carbonyl (C=O) groups excluding carboxylic acids is 4. The molecule has 1 fully saturated rings. The summed E-state index contributed by atoms with van der Waals surface area (Å²) < 4.78 is 58.0. The normalized spacial score (nSPS) is 20.6. The number of esters is 4. The van der Waals surface area contributed by atoms with Crippen molar-refractivity contribution in [1.29, 1.82) is 0 Å². The Labute approximate surface area is 256 Å². The zero-order valence-electron chi connectivity index (χ0n) is 23.5. The third kappa shape index (κ3) is 7.05. The van der Waals surface area contributed by atoms with Crippen molar-refractivity contribution >= 4 is 23.9 Å². The minimum Gasteiger partial charge on any atom is -0.459 e. The lowest BCUT2D eigenvalue weighted by Crippen LogP contribution is -2.55. The summed E-state index contributed by atoms with van der Waals surface area (Å²) in [6.07, 6.45) is -9.55. The zero-order valence-corrected chi connectivity index (χ0v) is 23.5. The highest BCUT2D eigenvalue weighted by Crippen LogP contribution is 2.42. The first-order valence-corrected chi connectivity index (χ1v) is 13.7. The lowest BCUT2D eigenvalue weighted by Gasteiger charge is -2.32. The number of hydrogen-bond acceptors (Lipinski definition) is 9. The Morgan fingerprint density at radius 3 is 1.38 bits per heavy atom. The van der Waals surface area contributed by atoms with E-state index in [0.717, 1.165) is 0 Å². The third-order valence-corrected chi connectivity index (χ3v) is 6.92. The van der Waals surface area contributed by atoms with Crippen LogP contribution in [0.4, 0.5) is 8.78 Å². The van der Waals surface area contributed by atoms with Crippen LogP contribution < -0.4 is 0 Å². The van der Waals surface area contributed by atoms with Gasteiger partial charge in [0, 0.05) is 0 Å². The van der Waals surface area contributed by atoms with E-state index in [1.165, 1.54) is 60.7 Å². The molecule has 0 saturated carbocycles. The summed E-state index contributed by atoms with van der Waals surface area (Å²) in [6, 6.07) is 30.2. The molecule has 9 nitrogen and oxygen atoms in total. The van der Waals surface area contributed by atoms with Crippen molar-refractivity contribution < 1.29 is 51.6 Å². The van der Waals surface area contributed by atoms with E-state index in [-0.39, 0.29) is 22.3 Å². The highest BCUT2D eigenvalue weighted by Gasteiger charge is 2.66. The number of halogens is 2. The SMILES string of the molecule is O=C(OC[C@@]1(C(F)F)OC(OC(=O)c2ccccc2)C(OC(=O)c2ccccc2)[C@@H]1OC(=O)c1ccccc1)c1ccccc1. The zero-order chi connectivity index (χ0) is 31.8. The molecule has 4 aromatic carbocycles. The van der Waals surface area contributed by atoms with Crippen molar-refractivity contribution in [3.63, 3.8) is 0 Å². The average Bonchev–Trinajstić information content (AvgIpc) is 3.37. The number of carbonyl (C=O) groups is 4. The molecular weight excluding hydrogens is 590 g/mol. The molecular formula is C34H26F2O9. The van der Waals surface area contributed by atoms with Gasteiger partial charge in [0.1, 0.15) is 6.61 Å². The Bertz CT molecular complexity index is 1620. The van der Waals surface area contributed by atoms with E-state index >= 15 is 8.78 Å². The van der Waals surface area contributed by atoms with Gasteiger partial charge in [-0.15, -0.1) is 0 Å². The van der Waals surface area contributed by atoms with Gasteiger partial charge in [0.15, 0.2) is 6.10 Å². The maximum absolute atomic E-state index is 15.2. The van der Waals surface area contributed by atoms with Crippen molar-refractivity contribution in [3.05, 3.63) is 144 Å². The fourth-order valence-electron chi connectivity index (χ4n) is 4.61. The maximum Gasteiger partial charge on any atom is 0.340 e. The molecule has 0 N–H and O–H groups in total. The minimum atomic E-state index is -3.51. The van der Waals surface area contributed by atoms with Gasteiger partial charge in [0.05, 0.1) is 22.3 Å². The van der Waals surface area contributed by atoms with Crippen LogP contribution in [0.15, 0.2) is 121 Å². The van der Waals surface area contributed by atoms with Crippen molar-refractivity contribution in [2.75, 3.05) is 6.61 Å².